The van der Waals surface area contributed by atoms with E-state index in [1.807, 2.05) is 6.07 Å². The summed E-state index contributed by atoms with van der Waals surface area (Å²) in [5, 5.41) is 20.0. The monoisotopic (exact) mass is 204 g/mol. The number of hydrogen-bond acceptors (Lipinski definition) is 6. The first-order valence-corrected chi connectivity index (χ1v) is 4.21. The molecule has 0 radical (unpaired) electrons. The van der Waals surface area contributed by atoms with E-state index in [4.69, 9.17) is 11.0 Å². The van der Waals surface area contributed by atoms with Crippen molar-refractivity contribution in [3.05, 3.63) is 23.1 Å². The first-order valence-electron chi connectivity index (χ1n) is 4.21. The fourth-order valence-electron chi connectivity index (χ4n) is 1.14. The van der Waals surface area contributed by atoms with Gasteiger partial charge in [-0.3, -0.25) is 0 Å². The van der Waals surface area contributed by atoms with Crippen molar-refractivity contribution in [1.82, 2.24) is 20.1 Å². The van der Waals surface area contributed by atoms with Gasteiger partial charge in [0.15, 0.2) is 0 Å². The smallest absolute Gasteiger partial charge is 0.140 e. The number of nitrogens with zero attached hydrogens (tertiary/aromatic N) is 5. The topological polar surface area (TPSA) is 107 Å². The molecule has 0 aliphatic heterocycles. The molecule has 2 aromatic rings. The second-order valence-electron chi connectivity index (χ2n) is 3.01. The Kier molecular flexibility index (Phi) is 2.10. The summed E-state index contributed by atoms with van der Waals surface area (Å²) in [5.74, 6) is 0.319. The molecule has 2 rings (SSSR count). The first-order chi connectivity index (χ1) is 7.22. The zero-order valence-corrected chi connectivity index (χ0v) is 8.01. The minimum Gasteiger partial charge on any atom is -0.383 e. The Morgan fingerprint density at radius 2 is 2.40 bits per heavy atom. The molecule has 0 spiro atoms. The van der Waals surface area contributed by atoms with Gasteiger partial charge in [0.05, 0.1) is 12.7 Å². The summed E-state index contributed by atoms with van der Waals surface area (Å²) in [6.45, 7) is 2.12. The van der Waals surface area contributed by atoms with Gasteiger partial charge in [0.2, 0.25) is 0 Å². The van der Waals surface area contributed by atoms with Gasteiger partial charge in [-0.15, -0.1) is 0 Å². The van der Waals surface area contributed by atoms with Gasteiger partial charge >= 0.3 is 0 Å². The maximum Gasteiger partial charge on any atom is 0.140 e. The predicted octanol–water partition coefficient (Wildman–Crippen LogP) is 0.0767. The SMILES string of the molecule is Cc1nonc1Cn1ncc(C#N)c1N. The standard InChI is InChI=1S/C8H8N6O/c1-5-7(13-15-12-5)4-14-8(10)6(2-9)3-11-14/h3H,4,10H2,1H3. The Morgan fingerprint density at radius 3 is 2.93 bits per heavy atom. The van der Waals surface area contributed by atoms with E-state index >= 15 is 0 Å². The van der Waals surface area contributed by atoms with Crippen molar-refractivity contribution >= 4 is 5.82 Å². The van der Waals surface area contributed by atoms with Crippen molar-refractivity contribution in [3.8, 4) is 6.07 Å². The minimum atomic E-state index is 0.319. The van der Waals surface area contributed by atoms with Crippen LogP contribution in [0.3, 0.4) is 0 Å². The van der Waals surface area contributed by atoms with E-state index in [-0.39, 0.29) is 0 Å². The molecule has 0 aliphatic rings. The second-order valence-corrected chi connectivity index (χ2v) is 3.01. The third-order valence-corrected chi connectivity index (χ3v) is 2.05. The van der Waals surface area contributed by atoms with Gasteiger partial charge in [0.25, 0.3) is 0 Å². The molecule has 0 saturated carbocycles. The van der Waals surface area contributed by atoms with Crippen LogP contribution in [0.15, 0.2) is 10.8 Å². The van der Waals surface area contributed by atoms with Crippen LogP contribution in [0.4, 0.5) is 5.82 Å². The number of aromatic nitrogens is 4. The summed E-state index contributed by atoms with van der Waals surface area (Å²) in [7, 11) is 0. The molecule has 0 atom stereocenters. The molecule has 0 saturated heterocycles. The van der Waals surface area contributed by atoms with Crippen molar-refractivity contribution in [1.29, 1.82) is 5.26 Å². The normalized spacial score (nSPS) is 10.1. The lowest BCUT2D eigenvalue weighted by atomic mass is 10.3. The van der Waals surface area contributed by atoms with Crippen molar-refractivity contribution in [3.63, 3.8) is 0 Å². The lowest BCUT2D eigenvalue weighted by molar-refractivity contribution is 0.300. The minimum absolute atomic E-state index is 0.319. The maximum absolute atomic E-state index is 8.68. The molecule has 15 heavy (non-hydrogen) atoms. The van der Waals surface area contributed by atoms with Crippen LogP contribution >= 0.6 is 0 Å². The average molecular weight is 204 g/mol. The zero-order valence-electron chi connectivity index (χ0n) is 8.01. The summed E-state index contributed by atoms with van der Waals surface area (Å²) in [5.41, 5.74) is 7.36. The van der Waals surface area contributed by atoms with E-state index in [1.54, 1.807) is 6.92 Å². The van der Waals surface area contributed by atoms with Gasteiger partial charge in [-0.25, -0.2) is 9.31 Å². The molecule has 7 heteroatoms. The Bertz CT molecular complexity index is 519. The molecule has 2 aromatic heterocycles. The van der Waals surface area contributed by atoms with E-state index in [2.05, 4.69) is 20.0 Å². The molecule has 0 unspecified atom stereocenters. The molecule has 76 valence electrons. The van der Waals surface area contributed by atoms with Gasteiger partial charge in [-0.05, 0) is 6.92 Å². The molecular weight excluding hydrogens is 196 g/mol. The number of nitriles is 1. The van der Waals surface area contributed by atoms with Crippen LogP contribution in [-0.4, -0.2) is 20.1 Å². The number of nitrogen functional groups attached to an aromatic ring is 1. The van der Waals surface area contributed by atoms with Crippen LogP contribution in [-0.2, 0) is 6.54 Å². The molecule has 0 bridgehead atoms. The van der Waals surface area contributed by atoms with Crippen LogP contribution in [0, 0.1) is 18.3 Å². The summed E-state index contributed by atoms with van der Waals surface area (Å²) in [6.07, 6.45) is 1.41. The highest BCUT2D eigenvalue weighted by Gasteiger charge is 2.11. The number of aryl methyl sites for hydroxylation is 1. The van der Waals surface area contributed by atoms with Crippen molar-refractivity contribution in [2.75, 3.05) is 5.73 Å². The van der Waals surface area contributed by atoms with E-state index in [0.717, 1.165) is 0 Å². The van der Waals surface area contributed by atoms with Gasteiger partial charge in [0.1, 0.15) is 28.8 Å². The van der Waals surface area contributed by atoms with Gasteiger partial charge in [0, 0.05) is 0 Å². The Labute approximate surface area is 85.1 Å². The lowest BCUT2D eigenvalue weighted by Crippen LogP contribution is -2.07. The molecule has 2 N–H and O–H groups in total. The number of hydrogen-bond donors (Lipinski definition) is 1. The van der Waals surface area contributed by atoms with Crippen LogP contribution in [0.2, 0.25) is 0 Å². The fraction of sp³-hybridized carbons (Fsp3) is 0.250. The molecule has 0 fully saturated rings. The fourth-order valence-corrected chi connectivity index (χ4v) is 1.14. The number of anilines is 1. The molecule has 7 nitrogen and oxygen atoms in total. The van der Waals surface area contributed by atoms with Gasteiger partial charge in [-0.2, -0.15) is 10.4 Å². The van der Waals surface area contributed by atoms with Gasteiger partial charge in [-0.1, -0.05) is 10.3 Å². The molecule has 0 aromatic carbocycles. The Hall–Kier alpha value is -2.36. The highest BCUT2D eigenvalue weighted by Crippen LogP contribution is 2.11. The highest BCUT2D eigenvalue weighted by molar-refractivity contribution is 5.47. The number of nitrogens with two attached hydrogens (primary N) is 1. The van der Waals surface area contributed by atoms with E-state index in [9.17, 15) is 0 Å². The van der Waals surface area contributed by atoms with E-state index < -0.39 is 0 Å². The van der Waals surface area contributed by atoms with Crippen LogP contribution in [0.25, 0.3) is 0 Å². The van der Waals surface area contributed by atoms with E-state index in [0.29, 0.717) is 29.3 Å². The predicted molar refractivity (Wildman–Crippen MR) is 49.5 cm³/mol. The quantitative estimate of drug-likeness (QED) is 0.742. The number of rotatable bonds is 2. The molecule has 0 aliphatic carbocycles. The third-order valence-electron chi connectivity index (χ3n) is 2.05. The summed E-state index contributed by atoms with van der Waals surface area (Å²) in [4.78, 5) is 0. The first kappa shape index (κ1) is 9.21. The summed E-state index contributed by atoms with van der Waals surface area (Å²) >= 11 is 0. The maximum atomic E-state index is 8.68. The molecule has 2 heterocycles. The Morgan fingerprint density at radius 1 is 1.60 bits per heavy atom. The van der Waals surface area contributed by atoms with Crippen molar-refractivity contribution < 1.29 is 4.63 Å². The van der Waals surface area contributed by atoms with Gasteiger partial charge < -0.3 is 5.73 Å². The molecule has 0 amide bonds. The third kappa shape index (κ3) is 1.52. The van der Waals surface area contributed by atoms with Crippen LogP contribution in [0.5, 0.6) is 0 Å². The largest absolute Gasteiger partial charge is 0.383 e. The zero-order chi connectivity index (χ0) is 10.8. The van der Waals surface area contributed by atoms with E-state index in [1.165, 1.54) is 10.9 Å². The second kappa shape index (κ2) is 3.42. The van der Waals surface area contributed by atoms with Crippen LogP contribution in [0.1, 0.15) is 17.0 Å². The van der Waals surface area contributed by atoms with Crippen molar-refractivity contribution in [2.24, 2.45) is 0 Å². The average Bonchev–Trinajstić information content (AvgIpc) is 2.77. The summed E-state index contributed by atoms with van der Waals surface area (Å²) in [6, 6.07) is 1.94. The molecular formula is C8H8N6O. The Balaban J connectivity index is 2.30. The van der Waals surface area contributed by atoms with Crippen molar-refractivity contribution in [2.45, 2.75) is 13.5 Å². The lowest BCUT2D eigenvalue weighted by Gasteiger charge is -2.00. The summed E-state index contributed by atoms with van der Waals surface area (Å²) < 4.78 is 6.02. The van der Waals surface area contributed by atoms with Crippen LogP contribution < -0.4 is 5.73 Å². The highest BCUT2D eigenvalue weighted by atomic mass is 16.6.